The largest absolute Gasteiger partial charge is 0.355 e. The van der Waals surface area contributed by atoms with E-state index in [-0.39, 0.29) is 24.8 Å². The van der Waals surface area contributed by atoms with Gasteiger partial charge in [0.1, 0.15) is 11.9 Å². The normalized spacial score (nSPS) is 11.7. The number of amides is 2. The third-order valence-corrected chi connectivity index (χ3v) is 4.76. The zero-order valence-electron chi connectivity index (χ0n) is 15.1. The highest BCUT2D eigenvalue weighted by molar-refractivity contribution is 6.35. The van der Waals surface area contributed by atoms with Crippen LogP contribution in [0.3, 0.4) is 0 Å². The zero-order chi connectivity index (χ0) is 20.0. The van der Waals surface area contributed by atoms with Crippen molar-refractivity contribution >= 4 is 35.0 Å². The molecular weight excluding hydrogens is 390 g/mol. The highest BCUT2D eigenvalue weighted by Gasteiger charge is 2.27. The third kappa shape index (κ3) is 5.68. The molecule has 2 aromatic rings. The summed E-state index contributed by atoms with van der Waals surface area (Å²) in [7, 11) is 0. The van der Waals surface area contributed by atoms with Crippen LogP contribution in [0.5, 0.6) is 0 Å². The number of nitrogens with one attached hydrogen (secondary N) is 1. The highest BCUT2D eigenvalue weighted by Crippen LogP contribution is 2.23. The van der Waals surface area contributed by atoms with Crippen LogP contribution in [0.4, 0.5) is 4.39 Å². The highest BCUT2D eigenvalue weighted by atomic mass is 35.5. The lowest BCUT2D eigenvalue weighted by Crippen LogP contribution is -2.48. The number of rotatable bonds is 7. The van der Waals surface area contributed by atoms with E-state index in [4.69, 9.17) is 23.2 Å². The number of carbonyl (C=O) groups excluding carboxylic acids is 2. The second-order valence-corrected chi connectivity index (χ2v) is 6.94. The molecule has 0 aliphatic rings. The Balaban J connectivity index is 2.28. The number of nitrogens with zero attached hydrogens (tertiary/aromatic N) is 1. The number of likely N-dealkylation sites (N-methyl/N-ethyl adjacent to an activating group) is 1. The van der Waals surface area contributed by atoms with Crippen LogP contribution in [-0.4, -0.2) is 29.3 Å². The Bertz CT molecular complexity index is 829. The SMILES string of the molecule is CCNC(=O)[C@H](C)N(Cc1ccccc1F)C(=O)Cc1ccc(Cl)cc1Cl. The van der Waals surface area contributed by atoms with Gasteiger partial charge in [0.15, 0.2) is 0 Å². The first-order valence-electron chi connectivity index (χ1n) is 8.58. The minimum atomic E-state index is -0.761. The van der Waals surface area contributed by atoms with Crippen molar-refractivity contribution in [1.82, 2.24) is 10.2 Å². The molecule has 0 radical (unpaired) electrons. The number of hydrogen-bond donors (Lipinski definition) is 1. The molecule has 2 aromatic carbocycles. The van der Waals surface area contributed by atoms with Crippen molar-refractivity contribution in [2.45, 2.75) is 32.9 Å². The molecule has 0 spiro atoms. The molecule has 0 aromatic heterocycles. The molecule has 0 unspecified atom stereocenters. The molecule has 1 N–H and O–H groups in total. The Morgan fingerprint density at radius 1 is 1.15 bits per heavy atom. The van der Waals surface area contributed by atoms with E-state index in [0.29, 0.717) is 27.7 Å². The number of benzene rings is 2. The molecular formula is C20H21Cl2FN2O2. The predicted molar refractivity (Wildman–Crippen MR) is 105 cm³/mol. The molecule has 0 aliphatic heterocycles. The van der Waals surface area contributed by atoms with Crippen molar-refractivity contribution < 1.29 is 14.0 Å². The van der Waals surface area contributed by atoms with Gasteiger partial charge in [0, 0.05) is 28.7 Å². The molecule has 0 aliphatic carbocycles. The van der Waals surface area contributed by atoms with Crippen LogP contribution in [-0.2, 0) is 22.6 Å². The monoisotopic (exact) mass is 410 g/mol. The Morgan fingerprint density at radius 2 is 1.85 bits per heavy atom. The fraction of sp³-hybridized carbons (Fsp3) is 0.300. The molecule has 0 bridgehead atoms. The van der Waals surface area contributed by atoms with Gasteiger partial charge in [-0.1, -0.05) is 47.5 Å². The van der Waals surface area contributed by atoms with Gasteiger partial charge < -0.3 is 10.2 Å². The fourth-order valence-corrected chi connectivity index (χ4v) is 3.12. The first-order valence-corrected chi connectivity index (χ1v) is 9.33. The van der Waals surface area contributed by atoms with Crippen LogP contribution in [0.1, 0.15) is 25.0 Å². The summed E-state index contributed by atoms with van der Waals surface area (Å²) < 4.78 is 14.1. The van der Waals surface area contributed by atoms with Crippen LogP contribution < -0.4 is 5.32 Å². The standard InChI is InChI=1S/C20H21Cl2FN2O2/c1-3-24-20(27)13(2)25(12-15-6-4-5-7-18(15)23)19(26)10-14-8-9-16(21)11-17(14)22/h4-9,11,13H,3,10,12H2,1-2H3,(H,24,27)/t13-/m0/s1. The van der Waals surface area contributed by atoms with Gasteiger partial charge >= 0.3 is 0 Å². The van der Waals surface area contributed by atoms with Gasteiger partial charge in [0.2, 0.25) is 11.8 Å². The number of halogens is 3. The summed E-state index contributed by atoms with van der Waals surface area (Å²) in [6.45, 7) is 3.83. The molecule has 4 nitrogen and oxygen atoms in total. The van der Waals surface area contributed by atoms with Gasteiger partial charge in [-0.15, -0.1) is 0 Å². The molecule has 0 fully saturated rings. The van der Waals surface area contributed by atoms with E-state index in [0.717, 1.165) is 0 Å². The lowest BCUT2D eigenvalue weighted by molar-refractivity contribution is -0.140. The summed E-state index contributed by atoms with van der Waals surface area (Å²) in [6.07, 6.45) is -0.0196. The topological polar surface area (TPSA) is 49.4 Å². The lowest BCUT2D eigenvalue weighted by Gasteiger charge is -2.29. The van der Waals surface area contributed by atoms with Gasteiger partial charge in [0.25, 0.3) is 0 Å². The van der Waals surface area contributed by atoms with E-state index in [1.165, 1.54) is 11.0 Å². The van der Waals surface area contributed by atoms with Crippen LogP contribution in [0.2, 0.25) is 10.0 Å². The van der Waals surface area contributed by atoms with E-state index < -0.39 is 11.9 Å². The molecule has 1 atom stereocenters. The van der Waals surface area contributed by atoms with E-state index in [2.05, 4.69) is 5.32 Å². The molecule has 2 rings (SSSR count). The first kappa shape index (κ1) is 21.2. The van der Waals surface area contributed by atoms with Gasteiger partial charge in [-0.3, -0.25) is 9.59 Å². The maximum Gasteiger partial charge on any atom is 0.242 e. The van der Waals surface area contributed by atoms with E-state index in [1.54, 1.807) is 50.2 Å². The van der Waals surface area contributed by atoms with Crippen molar-refractivity contribution in [3.05, 3.63) is 69.5 Å². The summed E-state index contributed by atoms with van der Waals surface area (Å²) in [5.41, 5.74) is 0.928. The second kappa shape index (κ2) is 9.72. The minimum Gasteiger partial charge on any atom is -0.355 e. The second-order valence-electron chi connectivity index (χ2n) is 6.10. The van der Waals surface area contributed by atoms with Gasteiger partial charge in [-0.2, -0.15) is 0 Å². The van der Waals surface area contributed by atoms with Crippen LogP contribution >= 0.6 is 23.2 Å². The molecule has 144 valence electrons. The average molecular weight is 411 g/mol. The Labute approximate surface area is 168 Å². The Kier molecular flexibility index (Phi) is 7.63. The van der Waals surface area contributed by atoms with E-state index >= 15 is 0 Å². The maximum absolute atomic E-state index is 14.1. The summed E-state index contributed by atoms with van der Waals surface area (Å²) in [6, 6.07) is 10.3. The lowest BCUT2D eigenvalue weighted by atomic mass is 10.1. The molecule has 0 heterocycles. The first-order chi connectivity index (χ1) is 12.8. The van der Waals surface area contributed by atoms with Gasteiger partial charge in [0.05, 0.1) is 6.42 Å². The van der Waals surface area contributed by atoms with Crippen LogP contribution in [0, 0.1) is 5.82 Å². The summed E-state index contributed by atoms with van der Waals surface area (Å²) in [5, 5.41) is 3.53. The van der Waals surface area contributed by atoms with Crippen LogP contribution in [0.15, 0.2) is 42.5 Å². The third-order valence-electron chi connectivity index (χ3n) is 4.17. The Hall–Kier alpha value is -2.11. The van der Waals surface area contributed by atoms with Crippen molar-refractivity contribution in [1.29, 1.82) is 0 Å². The number of hydrogen-bond acceptors (Lipinski definition) is 2. The molecule has 2 amide bonds. The number of carbonyl (C=O) groups is 2. The van der Waals surface area contributed by atoms with Crippen molar-refractivity contribution in [3.8, 4) is 0 Å². The van der Waals surface area contributed by atoms with E-state index in [9.17, 15) is 14.0 Å². The fourth-order valence-electron chi connectivity index (χ4n) is 2.64. The average Bonchev–Trinajstić information content (AvgIpc) is 2.63. The van der Waals surface area contributed by atoms with Crippen molar-refractivity contribution in [3.63, 3.8) is 0 Å². The molecule has 0 saturated carbocycles. The van der Waals surface area contributed by atoms with E-state index in [1.807, 2.05) is 0 Å². The van der Waals surface area contributed by atoms with Crippen molar-refractivity contribution in [2.75, 3.05) is 6.54 Å². The summed E-state index contributed by atoms with van der Waals surface area (Å²) in [5.74, 6) is -1.06. The van der Waals surface area contributed by atoms with Crippen molar-refractivity contribution in [2.24, 2.45) is 0 Å². The molecule has 7 heteroatoms. The molecule has 27 heavy (non-hydrogen) atoms. The zero-order valence-corrected chi connectivity index (χ0v) is 16.6. The quantitative estimate of drug-likeness (QED) is 0.742. The Morgan fingerprint density at radius 3 is 2.48 bits per heavy atom. The van der Waals surface area contributed by atoms with Crippen LogP contribution in [0.25, 0.3) is 0 Å². The van der Waals surface area contributed by atoms with Gasteiger partial charge in [-0.25, -0.2) is 4.39 Å². The smallest absolute Gasteiger partial charge is 0.242 e. The summed E-state index contributed by atoms with van der Waals surface area (Å²) >= 11 is 12.1. The maximum atomic E-state index is 14.1. The predicted octanol–water partition coefficient (Wildman–Crippen LogP) is 4.23. The minimum absolute atomic E-state index is 0.0188. The molecule has 0 saturated heterocycles. The van der Waals surface area contributed by atoms with Gasteiger partial charge in [-0.05, 0) is 37.6 Å². The summed E-state index contributed by atoms with van der Waals surface area (Å²) in [4.78, 5) is 26.6.